The molecule has 0 saturated carbocycles. The lowest BCUT2D eigenvalue weighted by molar-refractivity contribution is -0.128. The molecule has 0 aromatic heterocycles. The van der Waals surface area contributed by atoms with Crippen molar-refractivity contribution in [1.82, 2.24) is 4.90 Å². The molecule has 0 radical (unpaired) electrons. The number of para-hydroxylation sites is 2. The Morgan fingerprint density at radius 2 is 1.90 bits per heavy atom. The molecule has 0 spiro atoms. The van der Waals surface area contributed by atoms with Gasteiger partial charge in [0.2, 0.25) is 11.8 Å². The van der Waals surface area contributed by atoms with E-state index in [0.29, 0.717) is 35.4 Å². The van der Waals surface area contributed by atoms with Crippen molar-refractivity contribution < 1.29 is 19.1 Å². The summed E-state index contributed by atoms with van der Waals surface area (Å²) in [6.45, 7) is 4.87. The van der Waals surface area contributed by atoms with Gasteiger partial charge in [-0.25, -0.2) is 4.99 Å². The van der Waals surface area contributed by atoms with Crippen LogP contribution in [0.4, 0.5) is 11.4 Å². The molecule has 2 amide bonds. The smallest absolute Gasteiger partial charge is 0.242 e. The van der Waals surface area contributed by atoms with Crippen LogP contribution in [0.25, 0.3) is 0 Å². The average Bonchev–Trinajstić information content (AvgIpc) is 3.04. The molecule has 1 fully saturated rings. The van der Waals surface area contributed by atoms with Crippen molar-refractivity contribution in [3.8, 4) is 11.5 Å². The number of carbonyl (C=O) groups is 2. The maximum atomic E-state index is 12.8. The SMILES string of the molecule is CCOc1ccc(NC(=O)C[C@@H]2SC(=Nc3ccccc3OC)N(CC)C2=O)cc1. The summed E-state index contributed by atoms with van der Waals surface area (Å²) in [5.41, 5.74) is 1.31. The lowest BCUT2D eigenvalue weighted by atomic mass is 10.2. The first-order chi connectivity index (χ1) is 14.5. The summed E-state index contributed by atoms with van der Waals surface area (Å²) in [6.07, 6.45) is 0.0676. The fourth-order valence-corrected chi connectivity index (χ4v) is 4.24. The summed E-state index contributed by atoms with van der Waals surface area (Å²) < 4.78 is 10.7. The van der Waals surface area contributed by atoms with Crippen LogP contribution in [0.2, 0.25) is 0 Å². The third-order valence-corrected chi connectivity index (χ3v) is 5.63. The van der Waals surface area contributed by atoms with Crippen molar-refractivity contribution in [2.45, 2.75) is 25.5 Å². The summed E-state index contributed by atoms with van der Waals surface area (Å²) in [7, 11) is 1.58. The highest BCUT2D eigenvalue weighted by Crippen LogP contribution is 2.34. The molecule has 158 valence electrons. The third-order valence-electron chi connectivity index (χ3n) is 4.46. The maximum Gasteiger partial charge on any atom is 0.242 e. The number of anilines is 1. The van der Waals surface area contributed by atoms with E-state index in [4.69, 9.17) is 9.47 Å². The van der Waals surface area contributed by atoms with Gasteiger partial charge in [0.05, 0.1) is 13.7 Å². The molecule has 1 saturated heterocycles. The van der Waals surface area contributed by atoms with E-state index in [0.717, 1.165) is 5.75 Å². The first-order valence-electron chi connectivity index (χ1n) is 9.78. The Morgan fingerprint density at radius 3 is 2.57 bits per heavy atom. The Labute approximate surface area is 180 Å². The topological polar surface area (TPSA) is 80.2 Å². The van der Waals surface area contributed by atoms with E-state index in [9.17, 15) is 9.59 Å². The molecule has 1 aliphatic rings. The van der Waals surface area contributed by atoms with Crippen LogP contribution >= 0.6 is 11.8 Å². The Balaban J connectivity index is 1.68. The van der Waals surface area contributed by atoms with Gasteiger partial charge in [0.15, 0.2) is 5.17 Å². The zero-order valence-corrected chi connectivity index (χ0v) is 18.1. The maximum absolute atomic E-state index is 12.8. The van der Waals surface area contributed by atoms with Gasteiger partial charge in [0.25, 0.3) is 0 Å². The van der Waals surface area contributed by atoms with Gasteiger partial charge >= 0.3 is 0 Å². The van der Waals surface area contributed by atoms with Gasteiger partial charge in [-0.3, -0.25) is 14.5 Å². The van der Waals surface area contributed by atoms with Gasteiger partial charge < -0.3 is 14.8 Å². The molecule has 1 aliphatic heterocycles. The van der Waals surface area contributed by atoms with E-state index in [2.05, 4.69) is 10.3 Å². The summed E-state index contributed by atoms with van der Waals surface area (Å²) in [5, 5.41) is 2.90. The van der Waals surface area contributed by atoms with Crippen molar-refractivity contribution in [2.24, 2.45) is 4.99 Å². The lowest BCUT2D eigenvalue weighted by Gasteiger charge is -2.14. The number of hydrogen-bond acceptors (Lipinski definition) is 6. The van der Waals surface area contributed by atoms with Crippen LogP contribution in [0, 0.1) is 0 Å². The molecule has 3 rings (SSSR count). The quantitative estimate of drug-likeness (QED) is 0.687. The Bertz CT molecular complexity index is 930. The summed E-state index contributed by atoms with van der Waals surface area (Å²) >= 11 is 1.30. The van der Waals surface area contributed by atoms with Crippen LogP contribution < -0.4 is 14.8 Å². The van der Waals surface area contributed by atoms with Gasteiger partial charge in [0, 0.05) is 18.7 Å². The number of thioether (sulfide) groups is 1. The number of hydrogen-bond donors (Lipinski definition) is 1. The molecule has 1 heterocycles. The number of nitrogens with zero attached hydrogens (tertiary/aromatic N) is 2. The zero-order chi connectivity index (χ0) is 21.5. The minimum Gasteiger partial charge on any atom is -0.494 e. The van der Waals surface area contributed by atoms with E-state index in [1.54, 1.807) is 36.3 Å². The largest absolute Gasteiger partial charge is 0.494 e. The molecule has 0 bridgehead atoms. The number of ether oxygens (including phenoxy) is 2. The van der Waals surface area contributed by atoms with Crippen molar-refractivity contribution in [2.75, 3.05) is 25.6 Å². The number of amidine groups is 1. The van der Waals surface area contributed by atoms with Gasteiger partial charge in [0.1, 0.15) is 22.4 Å². The van der Waals surface area contributed by atoms with Crippen molar-refractivity contribution in [3.63, 3.8) is 0 Å². The predicted octanol–water partition coefficient (Wildman–Crippen LogP) is 4.07. The number of carbonyl (C=O) groups excluding carboxylic acids is 2. The second-order valence-corrected chi connectivity index (χ2v) is 7.63. The fourth-order valence-electron chi connectivity index (χ4n) is 3.02. The fraction of sp³-hybridized carbons (Fsp3) is 0.318. The molecule has 0 aliphatic carbocycles. The van der Waals surface area contributed by atoms with Crippen LogP contribution in [-0.2, 0) is 9.59 Å². The molecule has 0 unspecified atom stereocenters. The zero-order valence-electron chi connectivity index (χ0n) is 17.3. The number of aliphatic imine (C=N–C) groups is 1. The predicted molar refractivity (Wildman–Crippen MR) is 120 cm³/mol. The van der Waals surface area contributed by atoms with Crippen LogP contribution in [0.5, 0.6) is 11.5 Å². The van der Waals surface area contributed by atoms with Crippen molar-refractivity contribution >= 4 is 40.1 Å². The van der Waals surface area contributed by atoms with Crippen LogP contribution in [0.3, 0.4) is 0 Å². The van der Waals surface area contributed by atoms with Gasteiger partial charge in [-0.15, -0.1) is 0 Å². The van der Waals surface area contributed by atoms with Crippen molar-refractivity contribution in [3.05, 3.63) is 48.5 Å². The summed E-state index contributed by atoms with van der Waals surface area (Å²) in [6, 6.07) is 14.5. The molecule has 1 atom stereocenters. The van der Waals surface area contributed by atoms with E-state index >= 15 is 0 Å². The first kappa shape index (κ1) is 21.7. The highest BCUT2D eigenvalue weighted by molar-refractivity contribution is 8.15. The summed E-state index contributed by atoms with van der Waals surface area (Å²) in [5.74, 6) is 1.04. The minimum atomic E-state index is -0.513. The molecular formula is C22H25N3O4S. The molecule has 2 aromatic carbocycles. The molecule has 7 nitrogen and oxygen atoms in total. The molecule has 30 heavy (non-hydrogen) atoms. The monoisotopic (exact) mass is 427 g/mol. The number of methoxy groups -OCH3 is 1. The lowest BCUT2D eigenvalue weighted by Crippen LogP contribution is -2.33. The highest BCUT2D eigenvalue weighted by atomic mass is 32.2. The normalized spacial score (nSPS) is 17.3. The van der Waals surface area contributed by atoms with Gasteiger partial charge in [-0.05, 0) is 50.2 Å². The molecular weight excluding hydrogens is 402 g/mol. The number of nitrogens with one attached hydrogen (secondary N) is 1. The number of amides is 2. The Kier molecular flexibility index (Phi) is 7.35. The molecule has 1 N–H and O–H groups in total. The third kappa shape index (κ3) is 5.13. The van der Waals surface area contributed by atoms with Crippen LogP contribution in [-0.4, -0.2) is 47.4 Å². The van der Waals surface area contributed by atoms with E-state index < -0.39 is 5.25 Å². The van der Waals surface area contributed by atoms with E-state index in [1.165, 1.54) is 11.8 Å². The highest BCUT2D eigenvalue weighted by Gasteiger charge is 2.38. The standard InChI is InChI=1S/C22H25N3O4S/c1-4-25-21(27)19(30-22(25)24-17-8-6-7-9-18(17)28-3)14-20(26)23-15-10-12-16(13-11-15)29-5-2/h6-13,19H,4-5,14H2,1-3H3,(H,23,26)/t19-/m0/s1. The van der Waals surface area contributed by atoms with Gasteiger partial charge in [-0.2, -0.15) is 0 Å². The minimum absolute atomic E-state index is 0.0676. The van der Waals surface area contributed by atoms with Crippen LogP contribution in [0.1, 0.15) is 20.3 Å². The first-order valence-corrected chi connectivity index (χ1v) is 10.7. The Morgan fingerprint density at radius 1 is 1.17 bits per heavy atom. The van der Waals surface area contributed by atoms with Crippen molar-refractivity contribution in [1.29, 1.82) is 0 Å². The second kappa shape index (κ2) is 10.2. The summed E-state index contributed by atoms with van der Waals surface area (Å²) in [4.78, 5) is 31.5. The average molecular weight is 428 g/mol. The molecule has 8 heteroatoms. The number of rotatable bonds is 8. The van der Waals surface area contributed by atoms with Crippen LogP contribution in [0.15, 0.2) is 53.5 Å². The van der Waals surface area contributed by atoms with Gasteiger partial charge in [-0.1, -0.05) is 23.9 Å². The second-order valence-electron chi connectivity index (χ2n) is 6.46. The van der Waals surface area contributed by atoms with E-state index in [-0.39, 0.29) is 18.2 Å². The number of benzene rings is 2. The Hall–Kier alpha value is -3.00. The molecule has 2 aromatic rings. The van der Waals surface area contributed by atoms with E-state index in [1.807, 2.05) is 38.1 Å².